The van der Waals surface area contributed by atoms with Crippen molar-refractivity contribution < 1.29 is 0 Å². The normalized spacial score (nSPS) is 10.6. The lowest BCUT2D eigenvalue weighted by Crippen LogP contribution is -2.19. The SMILES string of the molecule is Cc1cc(NC(=S)Nc2ccc(Cl)c(Cl)c2)nn1Cc1ccccc1Cl. The highest BCUT2D eigenvalue weighted by atomic mass is 35.5. The molecule has 3 rings (SSSR count). The Hall–Kier alpha value is -1.79. The maximum atomic E-state index is 6.22. The van der Waals surface area contributed by atoms with Crippen LogP contribution in [-0.4, -0.2) is 14.9 Å². The number of hydrogen-bond acceptors (Lipinski definition) is 2. The van der Waals surface area contributed by atoms with Gasteiger partial charge in [-0.3, -0.25) is 4.68 Å². The Morgan fingerprint density at radius 1 is 1.00 bits per heavy atom. The van der Waals surface area contributed by atoms with Crippen molar-refractivity contribution in [2.75, 3.05) is 10.6 Å². The zero-order valence-corrected chi connectivity index (χ0v) is 16.8. The number of anilines is 2. The summed E-state index contributed by atoms with van der Waals surface area (Å²) >= 11 is 23.5. The molecule has 1 heterocycles. The predicted octanol–water partition coefficient (Wildman–Crippen LogP) is 6.01. The molecule has 3 aromatic rings. The lowest BCUT2D eigenvalue weighted by atomic mass is 10.2. The second-order valence-corrected chi connectivity index (χ2v) is 7.26. The number of thiocarbonyl (C=S) groups is 1. The van der Waals surface area contributed by atoms with Gasteiger partial charge in [0.05, 0.1) is 16.6 Å². The minimum Gasteiger partial charge on any atom is -0.332 e. The van der Waals surface area contributed by atoms with E-state index in [1.165, 1.54) is 0 Å². The molecule has 0 saturated carbocycles. The van der Waals surface area contributed by atoms with E-state index >= 15 is 0 Å². The molecular weight excluding hydrogens is 411 g/mol. The monoisotopic (exact) mass is 424 g/mol. The maximum Gasteiger partial charge on any atom is 0.176 e. The van der Waals surface area contributed by atoms with Crippen LogP contribution in [0.2, 0.25) is 15.1 Å². The van der Waals surface area contributed by atoms with E-state index in [0.29, 0.717) is 32.5 Å². The van der Waals surface area contributed by atoms with E-state index in [1.54, 1.807) is 18.2 Å². The lowest BCUT2D eigenvalue weighted by molar-refractivity contribution is 0.668. The molecule has 0 spiro atoms. The van der Waals surface area contributed by atoms with Crippen LogP contribution in [0.3, 0.4) is 0 Å². The summed E-state index contributed by atoms with van der Waals surface area (Å²) in [4.78, 5) is 0. The van der Waals surface area contributed by atoms with Gasteiger partial charge < -0.3 is 10.6 Å². The molecule has 0 atom stereocenters. The van der Waals surface area contributed by atoms with Crippen molar-refractivity contribution in [3.63, 3.8) is 0 Å². The number of rotatable bonds is 4. The number of nitrogens with zero attached hydrogens (tertiary/aromatic N) is 2. The Morgan fingerprint density at radius 2 is 1.77 bits per heavy atom. The summed E-state index contributed by atoms with van der Waals surface area (Å²) in [5.41, 5.74) is 2.73. The van der Waals surface area contributed by atoms with Gasteiger partial charge in [-0.1, -0.05) is 53.0 Å². The van der Waals surface area contributed by atoms with Gasteiger partial charge in [0.2, 0.25) is 0 Å². The second kappa shape index (κ2) is 8.27. The molecule has 0 fully saturated rings. The van der Waals surface area contributed by atoms with Crippen LogP contribution < -0.4 is 10.6 Å². The van der Waals surface area contributed by atoms with Crippen LogP contribution in [0.1, 0.15) is 11.3 Å². The molecule has 26 heavy (non-hydrogen) atoms. The van der Waals surface area contributed by atoms with Crippen LogP contribution >= 0.6 is 47.0 Å². The number of aromatic nitrogens is 2. The summed E-state index contributed by atoms with van der Waals surface area (Å²) in [5, 5.41) is 12.7. The first-order chi connectivity index (χ1) is 12.4. The topological polar surface area (TPSA) is 41.9 Å². The molecule has 0 aliphatic heterocycles. The molecule has 0 unspecified atom stereocenters. The Bertz CT molecular complexity index is 955. The molecule has 1 aromatic heterocycles. The van der Waals surface area contributed by atoms with Crippen molar-refractivity contribution in [3.05, 3.63) is 74.9 Å². The fourth-order valence-corrected chi connectivity index (χ4v) is 3.09. The van der Waals surface area contributed by atoms with Gasteiger partial charge in [0.15, 0.2) is 10.9 Å². The van der Waals surface area contributed by atoms with Gasteiger partial charge in [0.25, 0.3) is 0 Å². The van der Waals surface area contributed by atoms with Crippen LogP contribution in [0.4, 0.5) is 11.5 Å². The third kappa shape index (κ3) is 4.68. The van der Waals surface area contributed by atoms with E-state index < -0.39 is 0 Å². The van der Waals surface area contributed by atoms with Crippen molar-refractivity contribution >= 4 is 63.6 Å². The van der Waals surface area contributed by atoms with Gasteiger partial charge in [0, 0.05) is 22.5 Å². The summed E-state index contributed by atoms with van der Waals surface area (Å²) in [6, 6.07) is 14.8. The van der Waals surface area contributed by atoms with Gasteiger partial charge in [-0.05, 0) is 49.0 Å². The largest absolute Gasteiger partial charge is 0.332 e. The average molecular weight is 426 g/mol. The fourth-order valence-electron chi connectivity index (χ4n) is 2.37. The highest BCUT2D eigenvalue weighted by Gasteiger charge is 2.09. The van der Waals surface area contributed by atoms with E-state index in [0.717, 1.165) is 16.9 Å². The van der Waals surface area contributed by atoms with Crippen molar-refractivity contribution in [2.45, 2.75) is 13.5 Å². The zero-order chi connectivity index (χ0) is 18.7. The number of hydrogen-bond donors (Lipinski definition) is 2. The molecule has 134 valence electrons. The molecule has 8 heteroatoms. The molecule has 2 N–H and O–H groups in total. The minimum absolute atomic E-state index is 0.408. The Labute approximate surface area is 172 Å². The quantitative estimate of drug-likeness (QED) is 0.502. The van der Waals surface area contributed by atoms with Gasteiger partial charge in [-0.25, -0.2) is 0 Å². The Balaban J connectivity index is 1.67. The number of nitrogens with one attached hydrogen (secondary N) is 2. The smallest absolute Gasteiger partial charge is 0.176 e. The molecule has 0 saturated heterocycles. The van der Waals surface area contributed by atoms with Crippen LogP contribution in [0.5, 0.6) is 0 Å². The summed E-state index contributed by atoms with van der Waals surface area (Å²) in [6.45, 7) is 2.56. The van der Waals surface area contributed by atoms with Crippen molar-refractivity contribution in [1.82, 2.24) is 9.78 Å². The van der Waals surface area contributed by atoms with E-state index in [2.05, 4.69) is 15.7 Å². The fraction of sp³-hybridized carbons (Fsp3) is 0.111. The van der Waals surface area contributed by atoms with Crippen LogP contribution in [-0.2, 0) is 6.54 Å². The first kappa shape index (κ1) is 19.0. The summed E-state index contributed by atoms with van der Waals surface area (Å²) in [5.74, 6) is 0.645. The Morgan fingerprint density at radius 3 is 2.50 bits per heavy atom. The first-order valence-electron chi connectivity index (χ1n) is 7.73. The average Bonchev–Trinajstić information content (AvgIpc) is 2.92. The Kier molecular flexibility index (Phi) is 6.04. The third-order valence-corrected chi connectivity index (χ3v) is 4.99. The first-order valence-corrected chi connectivity index (χ1v) is 9.27. The van der Waals surface area contributed by atoms with E-state index in [1.807, 2.05) is 41.9 Å². The molecule has 0 radical (unpaired) electrons. The van der Waals surface area contributed by atoms with Crippen molar-refractivity contribution in [2.24, 2.45) is 0 Å². The predicted molar refractivity (Wildman–Crippen MR) is 114 cm³/mol. The van der Waals surface area contributed by atoms with Crippen molar-refractivity contribution in [1.29, 1.82) is 0 Å². The summed E-state index contributed by atoms with van der Waals surface area (Å²) in [7, 11) is 0. The molecular formula is C18H15Cl3N4S. The second-order valence-electron chi connectivity index (χ2n) is 5.63. The highest BCUT2D eigenvalue weighted by Crippen LogP contribution is 2.25. The maximum absolute atomic E-state index is 6.22. The molecule has 0 aliphatic carbocycles. The zero-order valence-electron chi connectivity index (χ0n) is 13.8. The van der Waals surface area contributed by atoms with Gasteiger partial charge in [0.1, 0.15) is 0 Å². The van der Waals surface area contributed by atoms with Gasteiger partial charge >= 0.3 is 0 Å². The van der Waals surface area contributed by atoms with E-state index in [-0.39, 0.29) is 0 Å². The van der Waals surface area contributed by atoms with Crippen LogP contribution in [0.25, 0.3) is 0 Å². The number of benzene rings is 2. The number of halogens is 3. The van der Waals surface area contributed by atoms with Crippen molar-refractivity contribution in [3.8, 4) is 0 Å². The molecule has 4 nitrogen and oxygen atoms in total. The standard InChI is InChI=1S/C18H15Cl3N4S/c1-11-8-17(24-25(11)10-12-4-2-3-5-14(12)19)23-18(26)22-13-6-7-15(20)16(21)9-13/h2-9H,10H2,1H3,(H2,22,23,24,26). The van der Waals surface area contributed by atoms with E-state index in [9.17, 15) is 0 Å². The molecule has 0 bridgehead atoms. The van der Waals surface area contributed by atoms with Crippen LogP contribution in [0.15, 0.2) is 48.5 Å². The lowest BCUT2D eigenvalue weighted by Gasteiger charge is -2.09. The van der Waals surface area contributed by atoms with Gasteiger partial charge in [-0.2, -0.15) is 5.10 Å². The van der Waals surface area contributed by atoms with Gasteiger partial charge in [-0.15, -0.1) is 0 Å². The molecule has 0 aliphatic rings. The molecule has 0 amide bonds. The van der Waals surface area contributed by atoms with E-state index in [4.69, 9.17) is 47.0 Å². The van der Waals surface area contributed by atoms with Crippen LogP contribution in [0, 0.1) is 6.92 Å². The summed E-state index contributed by atoms with van der Waals surface area (Å²) in [6.07, 6.45) is 0. The summed E-state index contributed by atoms with van der Waals surface area (Å²) < 4.78 is 1.87. The minimum atomic E-state index is 0.408. The highest BCUT2D eigenvalue weighted by molar-refractivity contribution is 7.80. The molecule has 2 aromatic carbocycles. The third-order valence-electron chi connectivity index (χ3n) is 3.68. The number of aryl methyl sites for hydroxylation is 1.